The Bertz CT molecular complexity index is 887. The Morgan fingerprint density at radius 1 is 0.810 bits per heavy atom. The molecule has 3 aromatic carbocycles. The van der Waals surface area contributed by atoms with Crippen LogP contribution in [0, 0.1) is 0 Å². The number of fused-ring (bicyclic) bond motifs is 1. The molecule has 0 unspecified atom stereocenters. The zero-order chi connectivity index (χ0) is 14.9. The number of hydrogen-bond acceptors (Lipinski definition) is 2. The van der Waals surface area contributed by atoms with Crippen LogP contribution in [0.1, 0.15) is 5.56 Å². The summed E-state index contributed by atoms with van der Waals surface area (Å²) in [7, 11) is -3.33. The summed E-state index contributed by atoms with van der Waals surface area (Å²) in [6.45, 7) is 0. The van der Waals surface area contributed by atoms with Crippen molar-refractivity contribution in [2.24, 2.45) is 0 Å². The van der Waals surface area contributed by atoms with Crippen LogP contribution in [0.25, 0.3) is 10.8 Å². The molecular formula is C17H13BrO2S. The van der Waals surface area contributed by atoms with Gasteiger partial charge in [-0.25, -0.2) is 8.42 Å². The lowest BCUT2D eigenvalue weighted by atomic mass is 10.1. The van der Waals surface area contributed by atoms with Gasteiger partial charge < -0.3 is 0 Å². The molecule has 0 spiro atoms. The minimum Gasteiger partial charge on any atom is -0.223 e. The van der Waals surface area contributed by atoms with E-state index < -0.39 is 9.84 Å². The number of hydrogen-bond donors (Lipinski definition) is 0. The quantitative estimate of drug-likeness (QED) is 0.685. The third-order valence-electron chi connectivity index (χ3n) is 3.33. The summed E-state index contributed by atoms with van der Waals surface area (Å²) in [5.74, 6) is 0.0237. The van der Waals surface area contributed by atoms with Gasteiger partial charge in [0.15, 0.2) is 9.84 Å². The Kier molecular flexibility index (Phi) is 3.83. The third kappa shape index (κ3) is 3.17. The number of sulfone groups is 1. The fraction of sp³-hybridized carbons (Fsp3) is 0.0588. The summed E-state index contributed by atoms with van der Waals surface area (Å²) >= 11 is 3.42. The molecule has 0 heterocycles. The molecular weight excluding hydrogens is 348 g/mol. The number of benzene rings is 3. The second-order valence-electron chi connectivity index (χ2n) is 4.90. The largest absolute Gasteiger partial charge is 0.223 e. The van der Waals surface area contributed by atoms with Crippen LogP contribution >= 0.6 is 15.9 Å². The molecule has 0 N–H and O–H groups in total. The maximum absolute atomic E-state index is 12.5. The number of halogens is 1. The highest BCUT2D eigenvalue weighted by atomic mass is 79.9. The van der Waals surface area contributed by atoms with Gasteiger partial charge in [-0.3, -0.25) is 0 Å². The van der Waals surface area contributed by atoms with Crippen molar-refractivity contribution in [1.82, 2.24) is 0 Å². The molecule has 0 bridgehead atoms. The highest BCUT2D eigenvalue weighted by Gasteiger charge is 2.15. The lowest BCUT2D eigenvalue weighted by Crippen LogP contribution is -2.04. The Labute approximate surface area is 132 Å². The third-order valence-corrected chi connectivity index (χ3v) is 5.51. The Balaban J connectivity index is 2.01. The molecule has 0 aliphatic rings. The molecule has 21 heavy (non-hydrogen) atoms. The van der Waals surface area contributed by atoms with Crippen molar-refractivity contribution >= 4 is 36.5 Å². The normalized spacial score (nSPS) is 11.7. The van der Waals surface area contributed by atoms with Gasteiger partial charge in [-0.1, -0.05) is 58.4 Å². The fourth-order valence-electron chi connectivity index (χ4n) is 2.27. The van der Waals surface area contributed by atoms with E-state index in [1.54, 1.807) is 12.1 Å². The summed E-state index contributed by atoms with van der Waals surface area (Å²) in [5.41, 5.74) is 0.799. The average molecular weight is 361 g/mol. The average Bonchev–Trinajstić information content (AvgIpc) is 2.47. The lowest BCUT2D eigenvalue weighted by molar-refractivity contribution is 0.595. The van der Waals surface area contributed by atoms with Gasteiger partial charge >= 0.3 is 0 Å². The molecule has 0 aromatic heterocycles. The molecule has 0 amide bonds. The van der Waals surface area contributed by atoms with Crippen molar-refractivity contribution in [3.8, 4) is 0 Å². The van der Waals surface area contributed by atoms with Crippen molar-refractivity contribution in [2.45, 2.75) is 10.6 Å². The Morgan fingerprint density at radius 2 is 1.48 bits per heavy atom. The minimum absolute atomic E-state index is 0.0237. The molecule has 0 aliphatic heterocycles. The van der Waals surface area contributed by atoms with E-state index in [4.69, 9.17) is 0 Å². The zero-order valence-electron chi connectivity index (χ0n) is 11.2. The van der Waals surface area contributed by atoms with Gasteiger partial charge in [0, 0.05) is 4.47 Å². The van der Waals surface area contributed by atoms with E-state index in [0.717, 1.165) is 20.8 Å². The first-order valence-electron chi connectivity index (χ1n) is 6.51. The van der Waals surface area contributed by atoms with Gasteiger partial charge in [0.25, 0.3) is 0 Å². The van der Waals surface area contributed by atoms with E-state index in [2.05, 4.69) is 15.9 Å². The molecule has 3 aromatic rings. The first-order chi connectivity index (χ1) is 10.0. The molecule has 0 aliphatic carbocycles. The summed E-state index contributed by atoms with van der Waals surface area (Å²) < 4.78 is 26.0. The topological polar surface area (TPSA) is 34.1 Å². The maximum atomic E-state index is 12.5. The maximum Gasteiger partial charge on any atom is 0.182 e. The van der Waals surface area contributed by atoms with Crippen LogP contribution in [0.2, 0.25) is 0 Å². The zero-order valence-corrected chi connectivity index (χ0v) is 13.6. The van der Waals surface area contributed by atoms with Crippen LogP contribution in [-0.2, 0) is 15.6 Å². The highest BCUT2D eigenvalue weighted by molar-refractivity contribution is 9.10. The molecule has 106 valence electrons. The van der Waals surface area contributed by atoms with Crippen molar-refractivity contribution in [3.63, 3.8) is 0 Å². The SMILES string of the molecule is O=S(=O)(Cc1ccccc1)c1ccc2cc(Br)ccc2c1. The van der Waals surface area contributed by atoms with E-state index >= 15 is 0 Å². The smallest absolute Gasteiger partial charge is 0.182 e. The van der Waals surface area contributed by atoms with E-state index in [1.807, 2.05) is 54.6 Å². The van der Waals surface area contributed by atoms with Gasteiger partial charge in [-0.05, 0) is 40.6 Å². The molecule has 0 fully saturated rings. The van der Waals surface area contributed by atoms with Crippen LogP contribution in [0.3, 0.4) is 0 Å². The molecule has 0 saturated heterocycles. The fourth-order valence-corrected chi connectivity index (χ4v) is 4.02. The molecule has 2 nitrogen and oxygen atoms in total. The first-order valence-corrected chi connectivity index (χ1v) is 8.95. The van der Waals surface area contributed by atoms with Crippen molar-refractivity contribution in [1.29, 1.82) is 0 Å². The van der Waals surface area contributed by atoms with Gasteiger partial charge in [0.2, 0.25) is 0 Å². The van der Waals surface area contributed by atoms with Crippen LogP contribution in [0.5, 0.6) is 0 Å². The lowest BCUT2D eigenvalue weighted by Gasteiger charge is -2.06. The Hall–Kier alpha value is -1.65. The molecule has 3 rings (SSSR count). The first kappa shape index (κ1) is 14.3. The number of rotatable bonds is 3. The summed E-state index contributed by atoms with van der Waals surface area (Å²) in [6, 6.07) is 20.3. The van der Waals surface area contributed by atoms with Gasteiger partial charge in [-0.2, -0.15) is 0 Å². The van der Waals surface area contributed by atoms with Crippen molar-refractivity contribution in [2.75, 3.05) is 0 Å². The summed E-state index contributed by atoms with van der Waals surface area (Å²) in [4.78, 5) is 0.362. The van der Waals surface area contributed by atoms with Gasteiger partial charge in [0.1, 0.15) is 0 Å². The highest BCUT2D eigenvalue weighted by Crippen LogP contribution is 2.24. The predicted molar refractivity (Wildman–Crippen MR) is 89.0 cm³/mol. The second kappa shape index (κ2) is 5.62. The van der Waals surface area contributed by atoms with E-state index in [9.17, 15) is 8.42 Å². The molecule has 0 radical (unpaired) electrons. The van der Waals surface area contributed by atoms with Gasteiger partial charge in [0.05, 0.1) is 10.6 Å². The van der Waals surface area contributed by atoms with E-state index in [1.165, 1.54) is 0 Å². The molecule has 4 heteroatoms. The summed E-state index contributed by atoms with van der Waals surface area (Å²) in [5, 5.41) is 1.94. The van der Waals surface area contributed by atoms with Crippen LogP contribution < -0.4 is 0 Å². The monoisotopic (exact) mass is 360 g/mol. The van der Waals surface area contributed by atoms with E-state index in [0.29, 0.717) is 4.90 Å². The Morgan fingerprint density at radius 3 is 2.24 bits per heavy atom. The summed E-state index contributed by atoms with van der Waals surface area (Å²) in [6.07, 6.45) is 0. The van der Waals surface area contributed by atoms with Crippen LogP contribution in [0.4, 0.5) is 0 Å². The van der Waals surface area contributed by atoms with Gasteiger partial charge in [-0.15, -0.1) is 0 Å². The minimum atomic E-state index is -3.33. The van der Waals surface area contributed by atoms with Crippen LogP contribution in [-0.4, -0.2) is 8.42 Å². The molecule has 0 saturated carbocycles. The van der Waals surface area contributed by atoms with Crippen molar-refractivity contribution in [3.05, 3.63) is 76.8 Å². The van der Waals surface area contributed by atoms with Crippen LogP contribution in [0.15, 0.2) is 76.1 Å². The molecule has 0 atom stereocenters. The van der Waals surface area contributed by atoms with Crippen molar-refractivity contribution < 1.29 is 8.42 Å². The second-order valence-corrected chi connectivity index (χ2v) is 7.80. The van der Waals surface area contributed by atoms with E-state index in [-0.39, 0.29) is 5.75 Å². The predicted octanol–water partition coefficient (Wildman–Crippen LogP) is 4.58. The standard InChI is InChI=1S/C17H13BrO2S/c18-16-8-6-15-11-17(9-7-14(15)10-16)21(19,20)12-13-4-2-1-3-5-13/h1-11H,12H2.